The first-order chi connectivity index (χ1) is 9.19. The monoisotopic (exact) mass is 253 g/mol. The number of carboxylic acid groups (broad SMARTS) is 1. The van der Waals surface area contributed by atoms with Gasteiger partial charge in [0.05, 0.1) is 12.5 Å². The molecule has 1 aromatic carbocycles. The van der Waals surface area contributed by atoms with Crippen molar-refractivity contribution in [3.05, 3.63) is 53.9 Å². The highest BCUT2D eigenvalue weighted by Gasteiger charge is 2.05. The lowest BCUT2D eigenvalue weighted by Gasteiger charge is -2.07. The molecule has 0 bridgehead atoms. The normalized spacial score (nSPS) is 9.63. The van der Waals surface area contributed by atoms with Crippen molar-refractivity contribution in [3.63, 3.8) is 0 Å². The lowest BCUT2D eigenvalue weighted by molar-refractivity contribution is 0.0690. The Balaban J connectivity index is 2.14. The van der Waals surface area contributed by atoms with E-state index in [-0.39, 0.29) is 5.69 Å². The third kappa shape index (κ3) is 3.30. The number of nitriles is 1. The third-order valence-electron chi connectivity index (χ3n) is 2.50. The quantitative estimate of drug-likeness (QED) is 0.874. The molecule has 1 heterocycles. The molecule has 0 fully saturated rings. The highest BCUT2D eigenvalue weighted by molar-refractivity contribution is 5.86. The molecule has 19 heavy (non-hydrogen) atoms. The second-order valence-electron chi connectivity index (χ2n) is 3.89. The zero-order chi connectivity index (χ0) is 13.7. The fourth-order valence-corrected chi connectivity index (χ4v) is 1.59. The van der Waals surface area contributed by atoms with Crippen molar-refractivity contribution in [1.29, 1.82) is 5.26 Å². The summed E-state index contributed by atoms with van der Waals surface area (Å²) >= 11 is 0. The predicted molar refractivity (Wildman–Crippen MR) is 70.2 cm³/mol. The van der Waals surface area contributed by atoms with E-state index in [1.54, 1.807) is 6.07 Å². The smallest absolute Gasteiger partial charge is 0.354 e. The molecule has 5 nitrogen and oxygen atoms in total. The summed E-state index contributed by atoms with van der Waals surface area (Å²) in [6, 6.07) is 12.6. The molecular formula is C14H11N3O2. The Morgan fingerprint density at radius 1 is 1.26 bits per heavy atom. The molecule has 0 radical (unpaired) electrons. The van der Waals surface area contributed by atoms with Gasteiger partial charge in [0.15, 0.2) is 0 Å². The largest absolute Gasteiger partial charge is 0.477 e. The molecule has 0 amide bonds. The molecule has 0 aliphatic carbocycles. The summed E-state index contributed by atoms with van der Waals surface area (Å²) in [6.45, 7) is 0. The van der Waals surface area contributed by atoms with Gasteiger partial charge in [-0.15, -0.1) is 0 Å². The molecule has 0 aliphatic rings. The van der Waals surface area contributed by atoms with Crippen LogP contribution in [0.3, 0.4) is 0 Å². The van der Waals surface area contributed by atoms with Crippen LogP contribution in [0.4, 0.5) is 11.4 Å². The summed E-state index contributed by atoms with van der Waals surface area (Å²) in [4.78, 5) is 14.5. The SMILES string of the molecule is N#CCc1ccc(Nc2ccnc(C(=O)O)c2)cc1. The van der Waals surface area contributed by atoms with Gasteiger partial charge in [-0.3, -0.25) is 0 Å². The Hall–Kier alpha value is -2.87. The molecule has 0 saturated heterocycles. The van der Waals surface area contributed by atoms with E-state index in [2.05, 4.69) is 16.4 Å². The number of nitrogens with one attached hydrogen (secondary N) is 1. The Morgan fingerprint density at radius 2 is 2.00 bits per heavy atom. The van der Waals surface area contributed by atoms with Gasteiger partial charge in [0, 0.05) is 17.6 Å². The van der Waals surface area contributed by atoms with Crippen molar-refractivity contribution < 1.29 is 9.90 Å². The molecule has 2 aromatic rings. The van der Waals surface area contributed by atoms with Gasteiger partial charge in [-0.1, -0.05) is 12.1 Å². The van der Waals surface area contributed by atoms with Crippen molar-refractivity contribution in [2.24, 2.45) is 0 Å². The van der Waals surface area contributed by atoms with Crippen LogP contribution in [0.15, 0.2) is 42.6 Å². The van der Waals surface area contributed by atoms with Crippen molar-refractivity contribution in [2.45, 2.75) is 6.42 Å². The van der Waals surface area contributed by atoms with Crippen LogP contribution in [0.25, 0.3) is 0 Å². The maximum Gasteiger partial charge on any atom is 0.354 e. The number of carbonyl (C=O) groups is 1. The predicted octanol–water partition coefficient (Wildman–Crippen LogP) is 2.59. The number of pyridine rings is 1. The van der Waals surface area contributed by atoms with Crippen LogP contribution in [0, 0.1) is 11.3 Å². The molecule has 0 unspecified atom stereocenters. The zero-order valence-electron chi connectivity index (χ0n) is 10.00. The zero-order valence-corrected chi connectivity index (χ0v) is 10.00. The number of hydrogen-bond acceptors (Lipinski definition) is 4. The van der Waals surface area contributed by atoms with E-state index in [4.69, 9.17) is 10.4 Å². The number of carboxylic acids is 1. The standard InChI is InChI=1S/C14H11N3O2/c15-7-5-10-1-3-11(4-2-10)17-12-6-8-16-13(9-12)14(18)19/h1-4,6,8-9H,5H2,(H,16,17)(H,18,19). The van der Waals surface area contributed by atoms with E-state index in [1.165, 1.54) is 12.3 Å². The summed E-state index contributed by atoms with van der Waals surface area (Å²) in [6.07, 6.45) is 1.81. The van der Waals surface area contributed by atoms with Crippen LogP contribution in [0.1, 0.15) is 16.1 Å². The molecule has 2 N–H and O–H groups in total. The van der Waals surface area contributed by atoms with E-state index in [0.717, 1.165) is 11.3 Å². The molecule has 0 spiro atoms. The molecule has 0 atom stereocenters. The minimum absolute atomic E-state index is 0.00824. The number of aromatic carboxylic acids is 1. The maximum absolute atomic E-state index is 10.8. The second-order valence-corrected chi connectivity index (χ2v) is 3.89. The molecule has 0 aliphatic heterocycles. The first kappa shape index (κ1) is 12.6. The third-order valence-corrected chi connectivity index (χ3v) is 2.50. The summed E-state index contributed by atoms with van der Waals surface area (Å²) in [5.74, 6) is -1.06. The molecule has 2 rings (SSSR count). The topological polar surface area (TPSA) is 86.0 Å². The van der Waals surface area contributed by atoms with Gasteiger partial charge in [0.2, 0.25) is 0 Å². The van der Waals surface area contributed by atoms with E-state index in [0.29, 0.717) is 12.1 Å². The lowest BCUT2D eigenvalue weighted by Crippen LogP contribution is -2.01. The van der Waals surface area contributed by atoms with Gasteiger partial charge >= 0.3 is 5.97 Å². The summed E-state index contributed by atoms with van der Waals surface area (Å²) in [7, 11) is 0. The number of nitrogens with zero attached hydrogens (tertiary/aromatic N) is 2. The number of benzene rings is 1. The first-order valence-corrected chi connectivity index (χ1v) is 5.61. The van der Waals surface area contributed by atoms with Crippen LogP contribution in [0.2, 0.25) is 0 Å². The number of rotatable bonds is 4. The maximum atomic E-state index is 10.8. The highest BCUT2D eigenvalue weighted by Crippen LogP contribution is 2.17. The average Bonchev–Trinajstić information content (AvgIpc) is 2.42. The van der Waals surface area contributed by atoms with Gasteiger partial charge in [-0.05, 0) is 29.8 Å². The van der Waals surface area contributed by atoms with Gasteiger partial charge in [-0.25, -0.2) is 9.78 Å². The van der Waals surface area contributed by atoms with Crippen LogP contribution >= 0.6 is 0 Å². The van der Waals surface area contributed by atoms with Gasteiger partial charge in [0.25, 0.3) is 0 Å². The molecule has 5 heteroatoms. The van der Waals surface area contributed by atoms with Crippen molar-refractivity contribution >= 4 is 17.3 Å². The van der Waals surface area contributed by atoms with Crippen LogP contribution in [-0.4, -0.2) is 16.1 Å². The number of aromatic nitrogens is 1. The van der Waals surface area contributed by atoms with Crippen LogP contribution < -0.4 is 5.32 Å². The summed E-state index contributed by atoms with van der Waals surface area (Å²) < 4.78 is 0. The average molecular weight is 253 g/mol. The van der Waals surface area contributed by atoms with Gasteiger partial charge in [0.1, 0.15) is 5.69 Å². The minimum Gasteiger partial charge on any atom is -0.477 e. The van der Waals surface area contributed by atoms with Crippen molar-refractivity contribution in [3.8, 4) is 6.07 Å². The lowest BCUT2D eigenvalue weighted by atomic mass is 10.1. The molecule has 1 aromatic heterocycles. The van der Waals surface area contributed by atoms with E-state index in [9.17, 15) is 4.79 Å². The first-order valence-electron chi connectivity index (χ1n) is 5.61. The fraction of sp³-hybridized carbons (Fsp3) is 0.0714. The molecular weight excluding hydrogens is 242 g/mol. The summed E-state index contributed by atoms with van der Waals surface area (Å²) in [5, 5.41) is 20.5. The van der Waals surface area contributed by atoms with E-state index in [1.807, 2.05) is 24.3 Å². The minimum atomic E-state index is -1.06. The Bertz CT molecular complexity index is 630. The number of hydrogen-bond donors (Lipinski definition) is 2. The Morgan fingerprint density at radius 3 is 2.63 bits per heavy atom. The van der Waals surface area contributed by atoms with Gasteiger partial charge < -0.3 is 10.4 Å². The Kier molecular flexibility index (Phi) is 3.74. The van der Waals surface area contributed by atoms with Crippen molar-refractivity contribution in [2.75, 3.05) is 5.32 Å². The highest BCUT2D eigenvalue weighted by atomic mass is 16.4. The van der Waals surface area contributed by atoms with Crippen LogP contribution in [-0.2, 0) is 6.42 Å². The van der Waals surface area contributed by atoms with Gasteiger partial charge in [-0.2, -0.15) is 5.26 Å². The second kappa shape index (κ2) is 5.65. The number of anilines is 2. The van der Waals surface area contributed by atoms with E-state index < -0.39 is 5.97 Å². The van der Waals surface area contributed by atoms with E-state index >= 15 is 0 Å². The Labute approximate surface area is 110 Å². The van der Waals surface area contributed by atoms with Crippen LogP contribution in [0.5, 0.6) is 0 Å². The fourth-order valence-electron chi connectivity index (χ4n) is 1.59. The molecule has 0 saturated carbocycles. The van der Waals surface area contributed by atoms with Crippen molar-refractivity contribution in [1.82, 2.24) is 4.98 Å². The summed E-state index contributed by atoms with van der Waals surface area (Å²) in [5.41, 5.74) is 2.41. The molecule has 94 valence electrons.